The van der Waals surface area contributed by atoms with Crippen LogP contribution in [0, 0.1) is 6.92 Å². The molecule has 0 aliphatic rings. The number of nitrogens with one attached hydrogen (secondary N) is 1. The predicted molar refractivity (Wildman–Crippen MR) is 101 cm³/mol. The van der Waals surface area contributed by atoms with Crippen LogP contribution in [0.3, 0.4) is 0 Å². The van der Waals surface area contributed by atoms with Gasteiger partial charge in [-0.05, 0) is 30.7 Å². The van der Waals surface area contributed by atoms with Gasteiger partial charge in [0.05, 0.1) is 25.9 Å². The van der Waals surface area contributed by atoms with Gasteiger partial charge in [0.1, 0.15) is 0 Å². The molecule has 1 aromatic heterocycles. The van der Waals surface area contributed by atoms with Gasteiger partial charge in [0.2, 0.25) is 5.91 Å². The number of sulfone groups is 1. The number of benzene rings is 2. The minimum absolute atomic E-state index is 0.0417. The van der Waals surface area contributed by atoms with E-state index in [0.29, 0.717) is 5.13 Å². The smallest absolute Gasteiger partial charge is 0.227 e. The van der Waals surface area contributed by atoms with Gasteiger partial charge in [-0.3, -0.25) is 4.79 Å². The van der Waals surface area contributed by atoms with E-state index in [0.717, 1.165) is 15.8 Å². The average Bonchev–Trinajstić information content (AvgIpc) is 2.97. The van der Waals surface area contributed by atoms with Crippen LogP contribution in [0.5, 0.6) is 0 Å². The third-order valence-electron chi connectivity index (χ3n) is 3.64. The lowest BCUT2D eigenvalue weighted by Crippen LogP contribution is -2.17. The minimum atomic E-state index is -3.62. The summed E-state index contributed by atoms with van der Waals surface area (Å²) in [6.07, 6.45) is -0.164. The number of anilines is 1. The number of aromatic nitrogens is 1. The van der Waals surface area contributed by atoms with Crippen LogP contribution in [0.25, 0.3) is 10.2 Å². The molecule has 0 aliphatic heterocycles. The van der Waals surface area contributed by atoms with E-state index in [1.54, 1.807) is 12.1 Å². The molecule has 0 saturated carbocycles. The summed E-state index contributed by atoms with van der Waals surface area (Å²) in [7, 11) is -3.62. The summed E-state index contributed by atoms with van der Waals surface area (Å²) < 4.78 is 25.6. The van der Waals surface area contributed by atoms with Gasteiger partial charge in [-0.25, -0.2) is 13.4 Å². The lowest BCUT2D eigenvalue weighted by Gasteiger charge is -2.06. The van der Waals surface area contributed by atoms with Crippen molar-refractivity contribution in [2.75, 3.05) is 11.1 Å². The van der Waals surface area contributed by atoms with Crippen LogP contribution < -0.4 is 5.32 Å². The van der Waals surface area contributed by atoms with E-state index in [4.69, 9.17) is 11.6 Å². The molecule has 1 N–H and O–H groups in total. The summed E-state index contributed by atoms with van der Waals surface area (Å²) in [5, 5.41) is 3.29. The molecule has 3 rings (SSSR count). The fraction of sp³-hybridized carbons (Fsp3) is 0.176. The van der Waals surface area contributed by atoms with Gasteiger partial charge < -0.3 is 5.32 Å². The Bertz CT molecular complexity index is 1040. The first-order valence-electron chi connectivity index (χ1n) is 7.50. The molecule has 5 nitrogen and oxygen atoms in total. The first kappa shape index (κ1) is 17.8. The van der Waals surface area contributed by atoms with Crippen LogP contribution in [0.2, 0.25) is 5.02 Å². The number of carbonyl (C=O) groups excluding carboxylic acids is 1. The zero-order valence-electron chi connectivity index (χ0n) is 13.3. The number of halogens is 1. The summed E-state index contributed by atoms with van der Waals surface area (Å²) in [5.74, 6) is -0.709. The number of para-hydroxylation sites is 1. The minimum Gasteiger partial charge on any atom is -0.302 e. The van der Waals surface area contributed by atoms with E-state index < -0.39 is 15.7 Å². The second-order valence-corrected chi connectivity index (χ2v) is 9.00. The number of carbonyl (C=O) groups is 1. The molecule has 8 heteroatoms. The summed E-state index contributed by atoms with van der Waals surface area (Å²) in [5.41, 5.74) is 1.86. The quantitative estimate of drug-likeness (QED) is 0.707. The van der Waals surface area contributed by atoms with Crippen molar-refractivity contribution in [2.24, 2.45) is 0 Å². The molecule has 1 amide bonds. The van der Waals surface area contributed by atoms with E-state index in [-0.39, 0.29) is 22.1 Å². The normalized spacial score (nSPS) is 11.6. The number of amides is 1. The van der Waals surface area contributed by atoms with Gasteiger partial charge in [0, 0.05) is 6.42 Å². The van der Waals surface area contributed by atoms with Crippen molar-refractivity contribution in [3.05, 3.63) is 53.1 Å². The van der Waals surface area contributed by atoms with Gasteiger partial charge in [-0.2, -0.15) is 0 Å². The van der Waals surface area contributed by atoms with Crippen LogP contribution in [-0.2, 0) is 14.6 Å². The summed E-state index contributed by atoms with van der Waals surface area (Å²) in [4.78, 5) is 16.5. The van der Waals surface area contributed by atoms with Gasteiger partial charge in [-0.15, -0.1) is 0 Å². The van der Waals surface area contributed by atoms with Crippen LogP contribution >= 0.6 is 22.9 Å². The average molecular weight is 395 g/mol. The largest absolute Gasteiger partial charge is 0.302 e. The maximum atomic E-state index is 12.3. The molecule has 0 saturated heterocycles. The SMILES string of the molecule is Cc1cccc2sc(NC(=O)CCS(=O)(=O)c3ccccc3Cl)nc12. The molecule has 0 radical (unpaired) electrons. The Kier molecular flexibility index (Phi) is 5.08. The van der Waals surface area contributed by atoms with E-state index >= 15 is 0 Å². The highest BCUT2D eigenvalue weighted by molar-refractivity contribution is 7.91. The van der Waals surface area contributed by atoms with Gasteiger partial charge >= 0.3 is 0 Å². The number of rotatable bonds is 5. The highest BCUT2D eigenvalue weighted by Gasteiger charge is 2.19. The van der Waals surface area contributed by atoms with Gasteiger partial charge in [-0.1, -0.05) is 47.2 Å². The molecule has 0 bridgehead atoms. The Balaban J connectivity index is 1.68. The van der Waals surface area contributed by atoms with Gasteiger partial charge in [0.15, 0.2) is 15.0 Å². The second kappa shape index (κ2) is 7.11. The van der Waals surface area contributed by atoms with Crippen LogP contribution in [0.1, 0.15) is 12.0 Å². The molecular weight excluding hydrogens is 380 g/mol. The Morgan fingerprint density at radius 3 is 2.68 bits per heavy atom. The fourth-order valence-corrected chi connectivity index (χ4v) is 5.13. The summed E-state index contributed by atoms with van der Waals surface area (Å²) in [6.45, 7) is 1.95. The van der Waals surface area contributed by atoms with Crippen molar-refractivity contribution in [1.29, 1.82) is 0 Å². The van der Waals surface area contributed by atoms with Crippen molar-refractivity contribution in [1.82, 2.24) is 4.98 Å². The summed E-state index contributed by atoms with van der Waals surface area (Å²) in [6, 6.07) is 12.0. The standard InChI is InChI=1S/C17H15ClN2O3S2/c1-11-5-4-7-13-16(11)20-17(24-13)19-15(21)9-10-25(22,23)14-8-3-2-6-12(14)18/h2-8H,9-10H2,1H3,(H,19,20,21). The Morgan fingerprint density at radius 1 is 1.20 bits per heavy atom. The molecule has 0 spiro atoms. The molecule has 3 aromatic rings. The molecule has 25 heavy (non-hydrogen) atoms. The van der Waals surface area contributed by atoms with Crippen molar-refractivity contribution in [2.45, 2.75) is 18.2 Å². The van der Waals surface area contributed by atoms with E-state index in [1.807, 2.05) is 25.1 Å². The Hall–Kier alpha value is -1.96. The highest BCUT2D eigenvalue weighted by atomic mass is 35.5. The van der Waals surface area contributed by atoms with Crippen molar-refractivity contribution < 1.29 is 13.2 Å². The molecular formula is C17H15ClN2O3S2. The Morgan fingerprint density at radius 2 is 1.96 bits per heavy atom. The van der Waals surface area contributed by atoms with Crippen LogP contribution in [0.4, 0.5) is 5.13 Å². The molecule has 0 fully saturated rings. The van der Waals surface area contributed by atoms with E-state index in [9.17, 15) is 13.2 Å². The first-order valence-corrected chi connectivity index (χ1v) is 10.3. The zero-order valence-corrected chi connectivity index (χ0v) is 15.7. The van der Waals surface area contributed by atoms with Crippen molar-refractivity contribution >= 4 is 54.0 Å². The third kappa shape index (κ3) is 4.00. The van der Waals surface area contributed by atoms with E-state index in [1.165, 1.54) is 23.5 Å². The molecule has 0 atom stereocenters. The molecule has 0 aliphatic carbocycles. The number of hydrogen-bond donors (Lipinski definition) is 1. The molecule has 130 valence electrons. The first-order chi connectivity index (χ1) is 11.9. The van der Waals surface area contributed by atoms with Crippen molar-refractivity contribution in [3.8, 4) is 0 Å². The van der Waals surface area contributed by atoms with Crippen molar-refractivity contribution in [3.63, 3.8) is 0 Å². The zero-order chi connectivity index (χ0) is 18.0. The van der Waals surface area contributed by atoms with Gasteiger partial charge in [0.25, 0.3) is 0 Å². The lowest BCUT2D eigenvalue weighted by molar-refractivity contribution is -0.115. The number of thiazole rings is 1. The fourth-order valence-electron chi connectivity index (χ4n) is 2.36. The van der Waals surface area contributed by atoms with Crippen LogP contribution in [-0.4, -0.2) is 25.1 Å². The molecule has 0 unspecified atom stereocenters. The maximum Gasteiger partial charge on any atom is 0.227 e. The Labute approximate surface area is 154 Å². The van der Waals surface area contributed by atoms with E-state index in [2.05, 4.69) is 10.3 Å². The predicted octanol–water partition coefficient (Wildman–Crippen LogP) is 4.06. The summed E-state index contributed by atoms with van der Waals surface area (Å²) >= 11 is 7.28. The third-order valence-corrected chi connectivity index (χ3v) is 6.78. The topological polar surface area (TPSA) is 76.1 Å². The van der Waals surface area contributed by atoms with Crippen LogP contribution in [0.15, 0.2) is 47.4 Å². The number of hydrogen-bond acceptors (Lipinski definition) is 5. The second-order valence-electron chi connectivity index (χ2n) is 5.49. The number of aryl methyl sites for hydroxylation is 1. The molecule has 2 aromatic carbocycles. The molecule has 1 heterocycles. The number of fused-ring (bicyclic) bond motifs is 1. The monoisotopic (exact) mass is 394 g/mol. The highest BCUT2D eigenvalue weighted by Crippen LogP contribution is 2.28. The number of nitrogens with zero attached hydrogens (tertiary/aromatic N) is 1. The lowest BCUT2D eigenvalue weighted by atomic mass is 10.2. The maximum absolute atomic E-state index is 12.3.